The Morgan fingerprint density at radius 3 is 3.00 bits per heavy atom. The lowest BCUT2D eigenvalue weighted by Gasteiger charge is -2.27. The zero-order valence-electron chi connectivity index (χ0n) is 6.99. The quantitative estimate of drug-likeness (QED) is 0.410. The molecule has 12 heavy (non-hydrogen) atoms. The lowest BCUT2D eigenvalue weighted by atomic mass is 10.0. The summed E-state index contributed by atoms with van der Waals surface area (Å²) >= 11 is 1.45. The smallest absolute Gasteiger partial charge is 0.0866 e. The zero-order chi connectivity index (χ0) is 8.81. The van der Waals surface area contributed by atoms with Crippen molar-refractivity contribution in [2.24, 2.45) is 5.92 Å². The SMILES string of the molecule is C#CCC1CSSCC1OSC. The van der Waals surface area contributed by atoms with Crippen LogP contribution in [-0.2, 0) is 4.18 Å². The predicted octanol–water partition coefficient (Wildman–Crippen LogP) is 2.68. The van der Waals surface area contributed by atoms with Crippen molar-refractivity contribution in [3.8, 4) is 12.3 Å². The Balaban J connectivity index is 2.38. The van der Waals surface area contributed by atoms with Gasteiger partial charge in [0.1, 0.15) is 0 Å². The summed E-state index contributed by atoms with van der Waals surface area (Å²) in [5.74, 6) is 5.46. The molecule has 0 aromatic carbocycles. The fourth-order valence-electron chi connectivity index (χ4n) is 1.07. The van der Waals surface area contributed by atoms with Crippen LogP contribution in [0.25, 0.3) is 0 Å². The maximum atomic E-state index is 5.53. The Bertz CT molecular complexity index is 164. The molecule has 68 valence electrons. The van der Waals surface area contributed by atoms with Crippen LogP contribution in [0.3, 0.4) is 0 Å². The van der Waals surface area contributed by atoms with Gasteiger partial charge < -0.3 is 4.18 Å². The highest BCUT2D eigenvalue weighted by atomic mass is 33.1. The number of terminal acetylenes is 1. The van der Waals surface area contributed by atoms with Crippen LogP contribution in [0.2, 0.25) is 0 Å². The van der Waals surface area contributed by atoms with Gasteiger partial charge in [0.05, 0.1) is 6.10 Å². The average molecular weight is 220 g/mol. The van der Waals surface area contributed by atoms with Crippen LogP contribution in [0, 0.1) is 18.3 Å². The summed E-state index contributed by atoms with van der Waals surface area (Å²) in [5.41, 5.74) is 0. The molecular formula is C8H12OS3. The highest BCUT2D eigenvalue weighted by molar-refractivity contribution is 8.76. The monoisotopic (exact) mass is 220 g/mol. The molecule has 0 aromatic rings. The molecule has 1 aliphatic heterocycles. The van der Waals surface area contributed by atoms with Gasteiger partial charge in [0.25, 0.3) is 0 Å². The molecule has 4 heteroatoms. The minimum atomic E-state index is 0.349. The van der Waals surface area contributed by atoms with Crippen LogP contribution in [0.5, 0.6) is 0 Å². The van der Waals surface area contributed by atoms with Gasteiger partial charge in [-0.25, -0.2) is 0 Å². The molecule has 0 radical (unpaired) electrons. The summed E-state index contributed by atoms with van der Waals surface area (Å²) in [6.07, 6.45) is 8.44. The second-order valence-electron chi connectivity index (χ2n) is 2.54. The van der Waals surface area contributed by atoms with E-state index in [1.165, 1.54) is 12.0 Å². The first-order valence-electron chi connectivity index (χ1n) is 3.75. The molecule has 1 nitrogen and oxygen atoms in total. The molecule has 2 atom stereocenters. The van der Waals surface area contributed by atoms with Crippen molar-refractivity contribution in [2.45, 2.75) is 12.5 Å². The molecule has 0 N–H and O–H groups in total. The lowest BCUT2D eigenvalue weighted by molar-refractivity contribution is 0.203. The second kappa shape index (κ2) is 6.09. The van der Waals surface area contributed by atoms with E-state index in [-0.39, 0.29) is 0 Å². The van der Waals surface area contributed by atoms with Gasteiger partial charge in [0.15, 0.2) is 0 Å². The van der Waals surface area contributed by atoms with Crippen LogP contribution >= 0.6 is 33.6 Å². The molecule has 0 saturated carbocycles. The van der Waals surface area contributed by atoms with Gasteiger partial charge in [-0.05, 0) is 12.0 Å². The van der Waals surface area contributed by atoms with Crippen molar-refractivity contribution in [2.75, 3.05) is 17.8 Å². The first kappa shape index (κ1) is 10.6. The van der Waals surface area contributed by atoms with E-state index in [0.717, 1.165) is 17.9 Å². The summed E-state index contributed by atoms with van der Waals surface area (Å²) in [4.78, 5) is 0. The minimum absolute atomic E-state index is 0.349. The first-order valence-corrected chi connectivity index (χ1v) is 7.39. The van der Waals surface area contributed by atoms with E-state index in [9.17, 15) is 0 Å². The standard InChI is InChI=1S/C8H12OS3/c1-3-4-7-5-11-12-6-8(7)9-10-2/h1,7-8H,4-6H2,2H3. The molecule has 1 saturated heterocycles. The molecular weight excluding hydrogens is 208 g/mol. The Labute approximate surface area is 86.4 Å². The van der Waals surface area contributed by atoms with E-state index in [0.29, 0.717) is 12.0 Å². The largest absolute Gasteiger partial charge is 0.311 e. The summed E-state index contributed by atoms with van der Waals surface area (Å²) in [7, 11) is 3.79. The van der Waals surface area contributed by atoms with Gasteiger partial charge in [0, 0.05) is 30.1 Å². The zero-order valence-corrected chi connectivity index (χ0v) is 9.44. The van der Waals surface area contributed by atoms with E-state index in [1.54, 1.807) is 0 Å². The van der Waals surface area contributed by atoms with Crippen molar-refractivity contribution < 1.29 is 4.18 Å². The van der Waals surface area contributed by atoms with Crippen molar-refractivity contribution in [1.82, 2.24) is 0 Å². The summed E-state index contributed by atoms with van der Waals surface area (Å²) in [6.45, 7) is 0. The Morgan fingerprint density at radius 2 is 2.33 bits per heavy atom. The second-order valence-corrected chi connectivity index (χ2v) is 5.62. The summed E-state index contributed by atoms with van der Waals surface area (Å²) in [6, 6.07) is 0. The third-order valence-electron chi connectivity index (χ3n) is 1.72. The van der Waals surface area contributed by atoms with Gasteiger partial charge in [-0.3, -0.25) is 0 Å². The molecule has 1 aliphatic rings. The van der Waals surface area contributed by atoms with Gasteiger partial charge in [-0.15, -0.1) is 12.3 Å². The van der Waals surface area contributed by atoms with E-state index >= 15 is 0 Å². The van der Waals surface area contributed by atoms with Crippen LogP contribution in [0.4, 0.5) is 0 Å². The van der Waals surface area contributed by atoms with Gasteiger partial charge >= 0.3 is 0 Å². The van der Waals surface area contributed by atoms with E-state index in [2.05, 4.69) is 5.92 Å². The topological polar surface area (TPSA) is 9.23 Å². The van der Waals surface area contributed by atoms with Crippen molar-refractivity contribution >= 4 is 33.6 Å². The van der Waals surface area contributed by atoms with E-state index in [4.69, 9.17) is 10.6 Å². The van der Waals surface area contributed by atoms with Crippen molar-refractivity contribution in [3.63, 3.8) is 0 Å². The third-order valence-corrected chi connectivity index (χ3v) is 4.68. The van der Waals surface area contributed by atoms with Gasteiger partial charge in [0.2, 0.25) is 0 Å². The molecule has 0 aromatic heterocycles. The van der Waals surface area contributed by atoms with Gasteiger partial charge in [-0.2, -0.15) is 0 Å². The van der Waals surface area contributed by atoms with E-state index < -0.39 is 0 Å². The van der Waals surface area contributed by atoms with Crippen molar-refractivity contribution in [1.29, 1.82) is 0 Å². The van der Waals surface area contributed by atoms with Crippen LogP contribution < -0.4 is 0 Å². The van der Waals surface area contributed by atoms with Crippen LogP contribution in [0.1, 0.15) is 6.42 Å². The molecule has 0 bridgehead atoms. The average Bonchev–Trinajstić information content (AvgIpc) is 2.09. The number of hydrogen-bond acceptors (Lipinski definition) is 4. The van der Waals surface area contributed by atoms with Crippen molar-refractivity contribution in [3.05, 3.63) is 0 Å². The van der Waals surface area contributed by atoms with Gasteiger partial charge in [-0.1, -0.05) is 21.6 Å². The number of rotatable bonds is 3. The van der Waals surface area contributed by atoms with Crippen LogP contribution in [0.15, 0.2) is 0 Å². The fraction of sp³-hybridized carbons (Fsp3) is 0.750. The highest BCUT2D eigenvalue weighted by Gasteiger charge is 2.26. The maximum absolute atomic E-state index is 5.53. The Hall–Kier alpha value is 0.570. The van der Waals surface area contributed by atoms with E-state index in [1.807, 2.05) is 27.8 Å². The predicted molar refractivity (Wildman–Crippen MR) is 60.2 cm³/mol. The molecule has 0 spiro atoms. The third kappa shape index (κ3) is 3.14. The Kier molecular flexibility index (Phi) is 5.40. The summed E-state index contributed by atoms with van der Waals surface area (Å²) < 4.78 is 5.53. The molecule has 0 amide bonds. The molecule has 1 fully saturated rings. The lowest BCUT2D eigenvalue weighted by Crippen LogP contribution is -2.28. The molecule has 1 heterocycles. The molecule has 2 unspecified atom stereocenters. The highest BCUT2D eigenvalue weighted by Crippen LogP contribution is 2.36. The maximum Gasteiger partial charge on any atom is 0.0866 e. The molecule has 1 rings (SSSR count). The number of hydrogen-bond donors (Lipinski definition) is 0. The molecule has 0 aliphatic carbocycles. The normalized spacial score (nSPS) is 29.7. The van der Waals surface area contributed by atoms with Crippen LogP contribution in [-0.4, -0.2) is 23.9 Å². The summed E-state index contributed by atoms with van der Waals surface area (Å²) in [5, 5.41) is 0. The minimum Gasteiger partial charge on any atom is -0.311 e. The fourth-order valence-corrected chi connectivity index (χ4v) is 4.30. The Morgan fingerprint density at radius 1 is 1.58 bits per heavy atom. The first-order chi connectivity index (χ1) is 5.88.